The number of carbonyl (C=O) groups is 1. The van der Waals surface area contributed by atoms with Crippen LogP contribution in [0.3, 0.4) is 0 Å². The van der Waals surface area contributed by atoms with E-state index in [1.54, 1.807) is 6.92 Å². The Morgan fingerprint density at radius 2 is 1.95 bits per heavy atom. The Kier molecular flexibility index (Phi) is 2.59. The van der Waals surface area contributed by atoms with Crippen LogP contribution < -0.4 is 10.8 Å². The zero-order valence-corrected chi connectivity index (χ0v) is 10.7. The van der Waals surface area contributed by atoms with Gasteiger partial charge in [0.05, 0.1) is 11.9 Å². The number of hydrogen-bond acceptors (Lipinski definition) is 4. The van der Waals surface area contributed by atoms with Crippen LogP contribution in [0.5, 0.6) is 0 Å². The molecule has 2 N–H and O–H groups in total. The lowest BCUT2D eigenvalue weighted by atomic mass is 10.0. The third kappa shape index (κ3) is 1.89. The van der Waals surface area contributed by atoms with Gasteiger partial charge in [0.2, 0.25) is 0 Å². The molecule has 5 heteroatoms. The number of nitrogens with zero attached hydrogens (tertiary/aromatic N) is 1. The second kappa shape index (κ2) is 4.28. The van der Waals surface area contributed by atoms with Crippen molar-refractivity contribution in [3.05, 3.63) is 52.5 Å². The first kappa shape index (κ1) is 11.5. The summed E-state index contributed by atoms with van der Waals surface area (Å²) >= 11 is 0. The molecule has 0 spiro atoms. The maximum absolute atomic E-state index is 11.6. The average molecular weight is 255 g/mol. The highest BCUT2D eigenvalue weighted by atomic mass is 16.7. The maximum Gasteiger partial charge on any atom is 0.266 e. The predicted octanol–water partition coefficient (Wildman–Crippen LogP) is 1.63. The van der Waals surface area contributed by atoms with Gasteiger partial charge >= 0.3 is 0 Å². The highest BCUT2D eigenvalue weighted by Gasteiger charge is 2.27. The first-order valence-corrected chi connectivity index (χ1v) is 5.96. The maximum atomic E-state index is 11.6. The van der Waals surface area contributed by atoms with Crippen molar-refractivity contribution in [3.63, 3.8) is 0 Å². The summed E-state index contributed by atoms with van der Waals surface area (Å²) in [6.45, 7) is 3.79. The fourth-order valence-corrected chi connectivity index (χ4v) is 2.11. The molecule has 0 saturated heterocycles. The molecule has 0 unspecified atom stereocenters. The molecule has 0 fully saturated rings. The summed E-state index contributed by atoms with van der Waals surface area (Å²) in [7, 11) is 0. The van der Waals surface area contributed by atoms with Crippen molar-refractivity contribution >= 4 is 17.8 Å². The molecule has 0 saturated carbocycles. The highest BCUT2D eigenvalue weighted by molar-refractivity contribution is 6.28. The van der Waals surface area contributed by atoms with Crippen LogP contribution in [0.15, 0.2) is 46.4 Å². The van der Waals surface area contributed by atoms with Crippen molar-refractivity contribution in [1.29, 1.82) is 0 Å². The molecule has 2 heterocycles. The first-order valence-electron chi connectivity index (χ1n) is 5.96. The number of hydroxylamine groups is 1. The van der Waals surface area contributed by atoms with Gasteiger partial charge in [-0.3, -0.25) is 4.79 Å². The molecule has 0 atom stereocenters. The van der Waals surface area contributed by atoms with E-state index in [9.17, 15) is 4.79 Å². The molecule has 1 aromatic carbocycles. The minimum absolute atomic E-state index is 0.261. The van der Waals surface area contributed by atoms with E-state index in [1.807, 2.05) is 31.2 Å². The predicted molar refractivity (Wildman–Crippen MR) is 71.7 cm³/mol. The Hall–Kier alpha value is -2.56. The van der Waals surface area contributed by atoms with Gasteiger partial charge < -0.3 is 10.2 Å². The lowest BCUT2D eigenvalue weighted by Crippen LogP contribution is -2.24. The number of hydrogen-bond donors (Lipinski definition) is 2. The summed E-state index contributed by atoms with van der Waals surface area (Å²) in [6.07, 6.45) is 1.29. The number of aryl methyl sites for hydroxylation is 1. The van der Waals surface area contributed by atoms with Crippen molar-refractivity contribution in [1.82, 2.24) is 10.8 Å². The Morgan fingerprint density at radius 3 is 2.74 bits per heavy atom. The van der Waals surface area contributed by atoms with E-state index < -0.39 is 0 Å². The Morgan fingerprint density at radius 1 is 1.16 bits per heavy atom. The van der Waals surface area contributed by atoms with Gasteiger partial charge in [-0.2, -0.15) is 0 Å². The van der Waals surface area contributed by atoms with Crippen LogP contribution in [0.4, 0.5) is 0 Å². The largest absolute Gasteiger partial charge is 0.385 e. The highest BCUT2D eigenvalue weighted by Crippen LogP contribution is 2.30. The summed E-state index contributed by atoms with van der Waals surface area (Å²) in [5.74, 6) is 0.364. The molecule has 0 aliphatic carbocycles. The number of fused-ring (bicyclic) bond motifs is 1. The second-order valence-electron chi connectivity index (χ2n) is 4.42. The number of aliphatic imine (C=N–C) groups is 1. The normalized spacial score (nSPS) is 17.7. The van der Waals surface area contributed by atoms with Crippen molar-refractivity contribution in [2.75, 3.05) is 0 Å². The third-order valence-corrected chi connectivity index (χ3v) is 3.10. The lowest BCUT2D eigenvalue weighted by molar-refractivity contribution is -0.113. The number of allylic oxidation sites excluding steroid dienone is 1. The molecule has 19 heavy (non-hydrogen) atoms. The molecule has 96 valence electrons. The smallest absolute Gasteiger partial charge is 0.266 e. The average Bonchev–Trinajstić information content (AvgIpc) is 2.66. The van der Waals surface area contributed by atoms with Gasteiger partial charge in [0.1, 0.15) is 11.4 Å². The van der Waals surface area contributed by atoms with E-state index in [0.717, 1.165) is 11.1 Å². The van der Waals surface area contributed by atoms with Crippen molar-refractivity contribution < 1.29 is 9.63 Å². The van der Waals surface area contributed by atoms with Crippen molar-refractivity contribution in [3.8, 4) is 0 Å². The van der Waals surface area contributed by atoms with Gasteiger partial charge in [-0.05, 0) is 19.4 Å². The summed E-state index contributed by atoms with van der Waals surface area (Å²) in [4.78, 5) is 21.2. The standard InChI is InChI=1S/C14H13N3O2/c1-8-5-3-4-6-10(8)13-14-12(9(2)19-17-14)16-11(18)7-15-13/h3-7,17H,1-2H3,(H,16,18). The Bertz CT molecular complexity index is 656. The molecule has 0 radical (unpaired) electrons. The molecular weight excluding hydrogens is 242 g/mol. The number of nitrogens with one attached hydrogen (secondary N) is 2. The molecule has 0 bridgehead atoms. The quantitative estimate of drug-likeness (QED) is 0.801. The zero-order chi connectivity index (χ0) is 13.4. The lowest BCUT2D eigenvalue weighted by Gasteiger charge is -2.09. The summed E-state index contributed by atoms with van der Waals surface area (Å²) in [6, 6.07) is 7.88. The molecule has 1 aromatic rings. The van der Waals surface area contributed by atoms with E-state index in [4.69, 9.17) is 4.84 Å². The fourth-order valence-electron chi connectivity index (χ4n) is 2.11. The van der Waals surface area contributed by atoms with Crippen LogP contribution in [0, 0.1) is 6.92 Å². The summed E-state index contributed by atoms with van der Waals surface area (Å²) < 4.78 is 0. The van der Waals surface area contributed by atoms with Crippen LogP contribution in [0.1, 0.15) is 18.1 Å². The van der Waals surface area contributed by atoms with Crippen LogP contribution in [0.25, 0.3) is 5.70 Å². The van der Waals surface area contributed by atoms with Crippen LogP contribution in [0.2, 0.25) is 0 Å². The number of carbonyl (C=O) groups excluding carboxylic acids is 1. The van der Waals surface area contributed by atoms with Gasteiger partial charge in [0, 0.05) is 5.56 Å². The number of rotatable bonds is 1. The molecular formula is C14H13N3O2. The number of amides is 1. The SMILES string of the molecule is CC1=C2NC(=O)C=NC(c3ccccc3C)=C2NO1. The van der Waals surface area contributed by atoms with Gasteiger partial charge in [-0.15, -0.1) is 0 Å². The van der Waals surface area contributed by atoms with Gasteiger partial charge in [0.15, 0.2) is 5.76 Å². The third-order valence-electron chi connectivity index (χ3n) is 3.10. The minimum atomic E-state index is -0.261. The van der Waals surface area contributed by atoms with Gasteiger partial charge in [0.25, 0.3) is 5.91 Å². The van der Waals surface area contributed by atoms with Crippen molar-refractivity contribution in [2.45, 2.75) is 13.8 Å². The van der Waals surface area contributed by atoms with E-state index in [1.165, 1.54) is 6.21 Å². The first-order chi connectivity index (χ1) is 9.16. The Balaban J connectivity index is 2.23. The fraction of sp³-hybridized carbons (Fsp3) is 0.143. The zero-order valence-electron chi connectivity index (χ0n) is 10.7. The monoisotopic (exact) mass is 255 g/mol. The van der Waals surface area contributed by atoms with Crippen molar-refractivity contribution in [2.24, 2.45) is 4.99 Å². The number of benzene rings is 1. The van der Waals surface area contributed by atoms with Crippen LogP contribution >= 0.6 is 0 Å². The van der Waals surface area contributed by atoms with E-state index >= 15 is 0 Å². The van der Waals surface area contributed by atoms with Gasteiger partial charge in [-0.25, -0.2) is 10.5 Å². The van der Waals surface area contributed by atoms with E-state index in [-0.39, 0.29) is 5.91 Å². The molecule has 5 nitrogen and oxygen atoms in total. The summed E-state index contributed by atoms with van der Waals surface area (Å²) in [5, 5.41) is 2.76. The molecule has 2 aliphatic rings. The molecule has 3 rings (SSSR count). The second-order valence-corrected chi connectivity index (χ2v) is 4.42. The van der Waals surface area contributed by atoms with Crippen LogP contribution in [-0.4, -0.2) is 12.1 Å². The Labute approximate surface area is 110 Å². The van der Waals surface area contributed by atoms with Crippen LogP contribution in [-0.2, 0) is 9.63 Å². The van der Waals surface area contributed by atoms with E-state index in [0.29, 0.717) is 22.9 Å². The molecule has 0 aromatic heterocycles. The summed E-state index contributed by atoms with van der Waals surface area (Å²) in [5.41, 5.74) is 6.90. The van der Waals surface area contributed by atoms with Gasteiger partial charge in [-0.1, -0.05) is 24.3 Å². The molecule has 1 amide bonds. The molecule has 2 aliphatic heterocycles. The van der Waals surface area contributed by atoms with E-state index in [2.05, 4.69) is 15.8 Å². The minimum Gasteiger partial charge on any atom is -0.385 e. The topological polar surface area (TPSA) is 62.7 Å².